The third-order valence-electron chi connectivity index (χ3n) is 3.35. The zero-order valence-corrected chi connectivity index (χ0v) is 9.89. The van der Waals surface area contributed by atoms with Crippen LogP contribution in [0.3, 0.4) is 0 Å². The van der Waals surface area contributed by atoms with Gasteiger partial charge in [-0.2, -0.15) is 0 Å². The predicted octanol–water partition coefficient (Wildman–Crippen LogP) is 2.31. The van der Waals surface area contributed by atoms with E-state index in [0.717, 1.165) is 18.4 Å². The van der Waals surface area contributed by atoms with Crippen molar-refractivity contribution in [3.8, 4) is 0 Å². The first kappa shape index (κ1) is 11.8. The van der Waals surface area contributed by atoms with Gasteiger partial charge in [0.25, 0.3) is 0 Å². The van der Waals surface area contributed by atoms with E-state index in [9.17, 15) is 9.59 Å². The van der Waals surface area contributed by atoms with Gasteiger partial charge in [-0.05, 0) is 18.4 Å². The minimum Gasteiger partial charge on any atom is -0.469 e. The van der Waals surface area contributed by atoms with Crippen LogP contribution in [0.4, 0.5) is 0 Å². The molecule has 0 saturated heterocycles. The van der Waals surface area contributed by atoms with Crippen molar-refractivity contribution in [1.29, 1.82) is 0 Å². The fraction of sp³-hybridized carbons (Fsp3) is 0.429. The highest BCUT2D eigenvalue weighted by atomic mass is 16.5. The first-order valence-corrected chi connectivity index (χ1v) is 5.89. The average molecular weight is 232 g/mol. The van der Waals surface area contributed by atoms with Gasteiger partial charge in [-0.3, -0.25) is 9.59 Å². The van der Waals surface area contributed by atoms with Crippen molar-refractivity contribution in [2.75, 3.05) is 7.11 Å². The molecule has 0 unspecified atom stereocenters. The third-order valence-corrected chi connectivity index (χ3v) is 3.35. The molecule has 1 aromatic rings. The molecule has 2 rings (SSSR count). The quantitative estimate of drug-likeness (QED) is 0.735. The third kappa shape index (κ3) is 2.38. The van der Waals surface area contributed by atoms with Gasteiger partial charge in [0.1, 0.15) is 5.78 Å². The van der Waals surface area contributed by atoms with Crippen molar-refractivity contribution in [2.45, 2.75) is 25.2 Å². The molecular formula is C14H16O3. The van der Waals surface area contributed by atoms with Crippen LogP contribution in [0.1, 0.15) is 30.7 Å². The highest BCUT2D eigenvalue weighted by molar-refractivity contribution is 5.92. The van der Waals surface area contributed by atoms with Gasteiger partial charge < -0.3 is 4.74 Å². The summed E-state index contributed by atoms with van der Waals surface area (Å²) in [6.45, 7) is 0. The first-order chi connectivity index (χ1) is 8.24. The van der Waals surface area contributed by atoms with Gasteiger partial charge in [0, 0.05) is 6.42 Å². The van der Waals surface area contributed by atoms with Gasteiger partial charge in [-0.15, -0.1) is 0 Å². The van der Waals surface area contributed by atoms with Crippen LogP contribution in [-0.2, 0) is 14.3 Å². The Kier molecular flexibility index (Phi) is 3.57. The average Bonchev–Trinajstić information content (AvgIpc) is 2.38. The smallest absolute Gasteiger partial charge is 0.309 e. The fourth-order valence-corrected chi connectivity index (χ4v) is 2.53. The lowest BCUT2D eigenvalue weighted by Crippen LogP contribution is -2.32. The molecule has 17 heavy (non-hydrogen) atoms. The monoisotopic (exact) mass is 232 g/mol. The van der Waals surface area contributed by atoms with Crippen molar-refractivity contribution in [1.82, 2.24) is 0 Å². The Morgan fingerprint density at radius 1 is 1.29 bits per heavy atom. The van der Waals surface area contributed by atoms with E-state index < -0.39 is 0 Å². The van der Waals surface area contributed by atoms with E-state index in [1.54, 1.807) is 0 Å². The van der Waals surface area contributed by atoms with Gasteiger partial charge in [0.2, 0.25) is 0 Å². The highest BCUT2D eigenvalue weighted by Crippen LogP contribution is 2.35. The topological polar surface area (TPSA) is 43.4 Å². The summed E-state index contributed by atoms with van der Waals surface area (Å²) in [5.74, 6) is -0.759. The lowest BCUT2D eigenvalue weighted by atomic mass is 9.74. The Morgan fingerprint density at radius 2 is 2.00 bits per heavy atom. The molecule has 0 heterocycles. The largest absolute Gasteiger partial charge is 0.469 e. The zero-order valence-electron chi connectivity index (χ0n) is 9.89. The number of benzene rings is 1. The summed E-state index contributed by atoms with van der Waals surface area (Å²) in [6, 6.07) is 9.51. The number of rotatable bonds is 2. The van der Waals surface area contributed by atoms with Crippen molar-refractivity contribution in [2.24, 2.45) is 5.92 Å². The number of ketones is 1. The Hall–Kier alpha value is -1.64. The molecular weight excluding hydrogens is 216 g/mol. The standard InChI is InChI=1S/C14H16O3/c1-17-14(16)11-8-5-9-12(15)13(11)10-6-3-2-4-7-10/h2-4,6-7,11,13H,5,8-9H2,1H3/t11-,13+/m1/s1. The van der Waals surface area contributed by atoms with E-state index >= 15 is 0 Å². The van der Waals surface area contributed by atoms with E-state index in [1.165, 1.54) is 7.11 Å². The van der Waals surface area contributed by atoms with Crippen LogP contribution in [0.15, 0.2) is 30.3 Å². The van der Waals surface area contributed by atoms with Crippen molar-refractivity contribution in [3.63, 3.8) is 0 Å². The minimum atomic E-state index is -0.322. The van der Waals surface area contributed by atoms with E-state index in [0.29, 0.717) is 6.42 Å². The summed E-state index contributed by atoms with van der Waals surface area (Å²) in [6.07, 6.45) is 2.08. The molecule has 1 aliphatic rings. The van der Waals surface area contributed by atoms with Gasteiger partial charge in [-0.25, -0.2) is 0 Å². The van der Waals surface area contributed by atoms with Crippen LogP contribution in [0.5, 0.6) is 0 Å². The maximum absolute atomic E-state index is 12.0. The molecule has 0 aliphatic heterocycles. The van der Waals surface area contributed by atoms with Crippen LogP contribution in [0.2, 0.25) is 0 Å². The second-order valence-electron chi connectivity index (χ2n) is 4.38. The summed E-state index contributed by atoms with van der Waals surface area (Å²) in [7, 11) is 1.38. The molecule has 1 saturated carbocycles. The second-order valence-corrected chi connectivity index (χ2v) is 4.38. The van der Waals surface area contributed by atoms with Crippen LogP contribution >= 0.6 is 0 Å². The van der Waals surface area contributed by atoms with Gasteiger partial charge in [0.05, 0.1) is 18.9 Å². The summed E-state index contributed by atoms with van der Waals surface area (Å²) in [5.41, 5.74) is 0.924. The van der Waals surface area contributed by atoms with Gasteiger partial charge in [0.15, 0.2) is 0 Å². The zero-order chi connectivity index (χ0) is 12.3. The number of ether oxygens (including phenoxy) is 1. The molecule has 0 aromatic heterocycles. The Bertz CT molecular complexity index is 411. The van der Waals surface area contributed by atoms with Crippen LogP contribution in [0, 0.1) is 5.92 Å². The van der Waals surface area contributed by atoms with E-state index in [4.69, 9.17) is 4.74 Å². The Balaban J connectivity index is 2.31. The van der Waals surface area contributed by atoms with E-state index in [-0.39, 0.29) is 23.6 Å². The normalized spacial score (nSPS) is 24.4. The molecule has 1 aromatic carbocycles. The number of hydrogen-bond donors (Lipinski definition) is 0. The first-order valence-electron chi connectivity index (χ1n) is 5.89. The molecule has 3 nitrogen and oxygen atoms in total. The highest BCUT2D eigenvalue weighted by Gasteiger charge is 2.37. The number of methoxy groups -OCH3 is 1. The lowest BCUT2D eigenvalue weighted by Gasteiger charge is -2.28. The molecule has 0 spiro atoms. The predicted molar refractivity (Wildman–Crippen MR) is 63.5 cm³/mol. The molecule has 0 N–H and O–H groups in total. The fourth-order valence-electron chi connectivity index (χ4n) is 2.53. The minimum absolute atomic E-state index is 0.151. The molecule has 3 heteroatoms. The Morgan fingerprint density at radius 3 is 2.65 bits per heavy atom. The molecule has 0 bridgehead atoms. The summed E-state index contributed by atoms with van der Waals surface area (Å²) < 4.78 is 4.80. The van der Waals surface area contributed by atoms with Crippen LogP contribution in [-0.4, -0.2) is 18.9 Å². The van der Waals surface area contributed by atoms with Crippen LogP contribution in [0.25, 0.3) is 0 Å². The Labute approximate surface area is 101 Å². The number of carbonyl (C=O) groups excluding carboxylic acids is 2. The van der Waals surface area contributed by atoms with Crippen molar-refractivity contribution >= 4 is 11.8 Å². The number of hydrogen-bond acceptors (Lipinski definition) is 3. The molecule has 1 aliphatic carbocycles. The van der Waals surface area contributed by atoms with Gasteiger partial charge >= 0.3 is 5.97 Å². The molecule has 0 radical (unpaired) electrons. The number of carbonyl (C=O) groups is 2. The number of Topliss-reactive ketones (excluding diaryl/α,β-unsaturated/α-hetero) is 1. The molecule has 0 amide bonds. The molecule has 1 fully saturated rings. The van der Waals surface area contributed by atoms with E-state index in [1.807, 2.05) is 30.3 Å². The molecule has 90 valence electrons. The SMILES string of the molecule is COC(=O)[C@@H]1CCCC(=O)[C@H]1c1ccccc1. The lowest BCUT2D eigenvalue weighted by molar-refractivity contribution is -0.149. The van der Waals surface area contributed by atoms with Crippen molar-refractivity contribution in [3.05, 3.63) is 35.9 Å². The maximum Gasteiger partial charge on any atom is 0.309 e. The maximum atomic E-state index is 12.0. The molecule has 2 atom stereocenters. The summed E-state index contributed by atoms with van der Waals surface area (Å²) in [5, 5.41) is 0. The summed E-state index contributed by atoms with van der Waals surface area (Å²) in [4.78, 5) is 23.7. The van der Waals surface area contributed by atoms with E-state index in [2.05, 4.69) is 0 Å². The van der Waals surface area contributed by atoms with Gasteiger partial charge in [-0.1, -0.05) is 30.3 Å². The summed E-state index contributed by atoms with van der Waals surface area (Å²) >= 11 is 0. The number of esters is 1. The van der Waals surface area contributed by atoms with Crippen molar-refractivity contribution < 1.29 is 14.3 Å². The second kappa shape index (κ2) is 5.13. The van der Waals surface area contributed by atoms with Crippen LogP contribution < -0.4 is 0 Å².